The lowest BCUT2D eigenvalue weighted by Crippen LogP contribution is -2.36. The van der Waals surface area contributed by atoms with Crippen LogP contribution < -0.4 is 5.32 Å². The second-order valence-corrected chi connectivity index (χ2v) is 3.84. The predicted octanol–water partition coefficient (Wildman–Crippen LogP) is 1.84. The van der Waals surface area contributed by atoms with E-state index in [2.05, 4.69) is 12.2 Å². The van der Waals surface area contributed by atoms with E-state index >= 15 is 0 Å². The Hall–Kier alpha value is -0.570. The number of carbonyl (C=O) groups is 1. The van der Waals surface area contributed by atoms with Gasteiger partial charge in [0.15, 0.2) is 0 Å². The molecule has 0 aromatic rings. The highest BCUT2D eigenvalue weighted by molar-refractivity contribution is 5.75. The molecule has 0 saturated carbocycles. The molecule has 0 aliphatic rings. The summed E-state index contributed by atoms with van der Waals surface area (Å²) in [5.74, 6) is 0.0757. The average Bonchev–Trinajstić information content (AvgIpc) is 2.13. The van der Waals surface area contributed by atoms with E-state index in [1.165, 1.54) is 0 Å². The second kappa shape index (κ2) is 7.80. The van der Waals surface area contributed by atoms with Crippen molar-refractivity contribution in [2.75, 3.05) is 0 Å². The monoisotopic (exact) mass is 201 g/mol. The zero-order chi connectivity index (χ0) is 11.0. The summed E-state index contributed by atoms with van der Waals surface area (Å²) in [5.41, 5.74) is 0. The summed E-state index contributed by atoms with van der Waals surface area (Å²) in [4.78, 5) is 11.2. The molecule has 0 aliphatic heterocycles. The minimum absolute atomic E-state index is 0.0757. The van der Waals surface area contributed by atoms with E-state index in [4.69, 9.17) is 0 Å². The maximum atomic E-state index is 11.2. The Morgan fingerprint density at radius 3 is 2.50 bits per heavy atom. The van der Waals surface area contributed by atoms with E-state index < -0.39 is 0 Å². The Morgan fingerprint density at radius 1 is 1.43 bits per heavy atom. The molecule has 2 atom stereocenters. The van der Waals surface area contributed by atoms with E-state index in [9.17, 15) is 9.90 Å². The van der Waals surface area contributed by atoms with Crippen LogP contribution in [0.5, 0.6) is 0 Å². The smallest absolute Gasteiger partial charge is 0.219 e. The Kier molecular flexibility index (Phi) is 7.48. The molecule has 0 fully saturated rings. The van der Waals surface area contributed by atoms with Gasteiger partial charge in [-0.3, -0.25) is 4.79 Å². The van der Waals surface area contributed by atoms with Gasteiger partial charge in [-0.2, -0.15) is 0 Å². The van der Waals surface area contributed by atoms with Crippen LogP contribution >= 0.6 is 0 Å². The van der Waals surface area contributed by atoms with Crippen molar-refractivity contribution < 1.29 is 9.90 Å². The fraction of sp³-hybridized carbons (Fsp3) is 0.909. The van der Waals surface area contributed by atoms with Crippen LogP contribution in [0.4, 0.5) is 0 Å². The number of hydrogen-bond donors (Lipinski definition) is 2. The van der Waals surface area contributed by atoms with E-state index in [0.717, 1.165) is 19.3 Å². The fourth-order valence-electron chi connectivity index (χ4n) is 1.44. The lowest BCUT2D eigenvalue weighted by Gasteiger charge is -2.19. The van der Waals surface area contributed by atoms with Crippen LogP contribution in [0.1, 0.15) is 52.9 Å². The molecule has 0 bridgehead atoms. The quantitative estimate of drug-likeness (QED) is 0.660. The number of aliphatic hydroxyl groups excluding tert-OH is 1. The lowest BCUT2D eigenvalue weighted by molar-refractivity contribution is -0.121. The van der Waals surface area contributed by atoms with Gasteiger partial charge in [-0.05, 0) is 19.8 Å². The molecule has 0 radical (unpaired) electrons. The van der Waals surface area contributed by atoms with Crippen molar-refractivity contribution in [2.45, 2.75) is 65.0 Å². The van der Waals surface area contributed by atoms with Crippen molar-refractivity contribution in [3.63, 3.8) is 0 Å². The third kappa shape index (κ3) is 6.89. The molecule has 84 valence electrons. The van der Waals surface area contributed by atoms with Crippen LogP contribution in [0.3, 0.4) is 0 Å². The van der Waals surface area contributed by atoms with Crippen molar-refractivity contribution in [2.24, 2.45) is 0 Å². The molecule has 0 rings (SSSR count). The first-order chi connectivity index (χ1) is 6.60. The molecule has 1 amide bonds. The number of amides is 1. The number of unbranched alkanes of at least 4 members (excludes halogenated alkanes) is 1. The zero-order valence-corrected chi connectivity index (χ0v) is 9.55. The molecular weight excluding hydrogens is 178 g/mol. The highest BCUT2D eigenvalue weighted by Crippen LogP contribution is 2.07. The van der Waals surface area contributed by atoms with Crippen LogP contribution in [-0.2, 0) is 4.79 Å². The molecule has 14 heavy (non-hydrogen) atoms. The van der Waals surface area contributed by atoms with Gasteiger partial charge in [-0.15, -0.1) is 0 Å². The SMILES string of the molecule is CCCCC(CC(C)O)NC(=O)CC. The molecule has 0 aliphatic carbocycles. The number of carbonyl (C=O) groups excluding carboxylic acids is 1. The van der Waals surface area contributed by atoms with E-state index in [-0.39, 0.29) is 18.1 Å². The molecule has 0 heterocycles. The van der Waals surface area contributed by atoms with Crippen molar-refractivity contribution in [1.82, 2.24) is 5.32 Å². The highest BCUT2D eigenvalue weighted by Gasteiger charge is 2.12. The molecule has 2 N–H and O–H groups in total. The van der Waals surface area contributed by atoms with Gasteiger partial charge < -0.3 is 10.4 Å². The standard InChI is InChI=1S/C11H23NO2/c1-4-6-7-10(8-9(3)13)12-11(14)5-2/h9-10,13H,4-8H2,1-3H3,(H,12,14). The van der Waals surface area contributed by atoms with Crippen LogP contribution in [-0.4, -0.2) is 23.2 Å². The van der Waals surface area contributed by atoms with Crippen LogP contribution in [0.2, 0.25) is 0 Å². The van der Waals surface area contributed by atoms with Gasteiger partial charge in [0, 0.05) is 12.5 Å². The largest absolute Gasteiger partial charge is 0.393 e. The first-order valence-corrected chi connectivity index (χ1v) is 5.57. The summed E-state index contributed by atoms with van der Waals surface area (Å²) in [5, 5.41) is 12.2. The van der Waals surface area contributed by atoms with Gasteiger partial charge >= 0.3 is 0 Å². The molecule has 0 spiro atoms. The first kappa shape index (κ1) is 13.4. The Bertz CT molecular complexity index is 157. The maximum absolute atomic E-state index is 11.2. The average molecular weight is 201 g/mol. The summed E-state index contributed by atoms with van der Waals surface area (Å²) < 4.78 is 0. The van der Waals surface area contributed by atoms with Crippen molar-refractivity contribution in [3.8, 4) is 0 Å². The summed E-state index contributed by atoms with van der Waals surface area (Å²) in [6.45, 7) is 5.73. The molecule has 0 saturated heterocycles. The molecule has 0 aromatic carbocycles. The third-order valence-electron chi connectivity index (χ3n) is 2.22. The minimum atomic E-state index is -0.339. The van der Waals surface area contributed by atoms with Crippen LogP contribution in [0, 0.1) is 0 Å². The molecule has 2 unspecified atom stereocenters. The van der Waals surface area contributed by atoms with E-state index in [1.807, 2.05) is 6.92 Å². The first-order valence-electron chi connectivity index (χ1n) is 5.57. The number of aliphatic hydroxyl groups is 1. The molecule has 3 heteroatoms. The highest BCUT2D eigenvalue weighted by atomic mass is 16.3. The van der Waals surface area contributed by atoms with Crippen LogP contribution in [0.25, 0.3) is 0 Å². The number of nitrogens with one attached hydrogen (secondary N) is 1. The minimum Gasteiger partial charge on any atom is -0.393 e. The number of rotatable bonds is 7. The topological polar surface area (TPSA) is 49.3 Å². The summed E-state index contributed by atoms with van der Waals surface area (Å²) >= 11 is 0. The van der Waals surface area contributed by atoms with Gasteiger partial charge in [-0.25, -0.2) is 0 Å². The zero-order valence-electron chi connectivity index (χ0n) is 9.55. The third-order valence-corrected chi connectivity index (χ3v) is 2.22. The van der Waals surface area contributed by atoms with E-state index in [0.29, 0.717) is 12.8 Å². The van der Waals surface area contributed by atoms with Gasteiger partial charge in [0.25, 0.3) is 0 Å². The summed E-state index contributed by atoms with van der Waals surface area (Å²) in [6.07, 6.45) is 4.02. The van der Waals surface area contributed by atoms with Gasteiger partial charge in [0.05, 0.1) is 6.10 Å². The fourth-order valence-corrected chi connectivity index (χ4v) is 1.44. The Balaban J connectivity index is 3.89. The predicted molar refractivity (Wildman–Crippen MR) is 58.0 cm³/mol. The lowest BCUT2D eigenvalue weighted by atomic mass is 10.0. The molecule has 3 nitrogen and oxygen atoms in total. The summed E-state index contributed by atoms with van der Waals surface area (Å²) in [6, 6.07) is 0.141. The second-order valence-electron chi connectivity index (χ2n) is 3.84. The van der Waals surface area contributed by atoms with Crippen molar-refractivity contribution in [3.05, 3.63) is 0 Å². The summed E-state index contributed by atoms with van der Waals surface area (Å²) in [7, 11) is 0. The maximum Gasteiger partial charge on any atom is 0.219 e. The number of hydrogen-bond acceptors (Lipinski definition) is 2. The molecule has 0 aromatic heterocycles. The van der Waals surface area contributed by atoms with Crippen molar-refractivity contribution >= 4 is 5.91 Å². The molecular formula is C11H23NO2. The normalized spacial score (nSPS) is 14.9. The Labute approximate surface area is 86.9 Å². The van der Waals surface area contributed by atoms with Gasteiger partial charge in [0.1, 0.15) is 0 Å². The Morgan fingerprint density at radius 2 is 2.07 bits per heavy atom. The van der Waals surface area contributed by atoms with Crippen LogP contribution in [0.15, 0.2) is 0 Å². The van der Waals surface area contributed by atoms with Gasteiger partial charge in [0.2, 0.25) is 5.91 Å². The van der Waals surface area contributed by atoms with Crippen molar-refractivity contribution in [1.29, 1.82) is 0 Å². The van der Waals surface area contributed by atoms with E-state index in [1.54, 1.807) is 6.92 Å². The van der Waals surface area contributed by atoms with Gasteiger partial charge in [-0.1, -0.05) is 26.7 Å².